The van der Waals surface area contributed by atoms with Crippen molar-refractivity contribution in [3.05, 3.63) is 35.9 Å². The van der Waals surface area contributed by atoms with E-state index in [9.17, 15) is 0 Å². The average Bonchev–Trinajstić information content (AvgIpc) is 2.96. The molecular formula is C23H32O4. The van der Waals surface area contributed by atoms with Crippen LogP contribution in [0.25, 0.3) is 0 Å². The summed E-state index contributed by atoms with van der Waals surface area (Å²) in [5.41, 5.74) is 1.02. The van der Waals surface area contributed by atoms with Crippen LogP contribution in [-0.2, 0) is 25.7 Å². The van der Waals surface area contributed by atoms with Crippen LogP contribution in [0.5, 0.6) is 0 Å². The largest absolute Gasteiger partial charge is 0.349 e. The molecule has 1 saturated carbocycles. The van der Waals surface area contributed by atoms with Gasteiger partial charge in [-0.25, -0.2) is 9.78 Å². The van der Waals surface area contributed by atoms with E-state index in [0.717, 1.165) is 51.6 Å². The molecular weight excluding hydrogens is 340 g/mol. The average molecular weight is 373 g/mol. The Bertz CT molecular complexity index is 645. The molecule has 1 aromatic rings. The lowest BCUT2D eigenvalue weighted by molar-refractivity contribution is -0.568. The van der Waals surface area contributed by atoms with Crippen molar-refractivity contribution in [2.75, 3.05) is 6.61 Å². The second-order valence-electron chi connectivity index (χ2n) is 9.13. The third kappa shape index (κ3) is 3.05. The number of hydrogen-bond donors (Lipinski definition) is 0. The van der Waals surface area contributed by atoms with Crippen molar-refractivity contribution < 1.29 is 19.2 Å². The second-order valence-corrected chi connectivity index (χ2v) is 9.13. The molecule has 6 atom stereocenters. The van der Waals surface area contributed by atoms with E-state index >= 15 is 0 Å². The molecule has 5 aliphatic rings. The first-order chi connectivity index (χ1) is 13.2. The highest BCUT2D eigenvalue weighted by Gasteiger charge is 2.67. The number of fused-ring (bicyclic) bond motifs is 2. The lowest BCUT2D eigenvalue weighted by atomic mass is 9.61. The van der Waals surface area contributed by atoms with Crippen LogP contribution in [0.1, 0.15) is 63.9 Å². The summed E-state index contributed by atoms with van der Waals surface area (Å²) >= 11 is 0. The Hall–Kier alpha value is -0.940. The van der Waals surface area contributed by atoms with Gasteiger partial charge in [-0.2, -0.15) is 0 Å². The Morgan fingerprint density at radius 2 is 1.89 bits per heavy atom. The van der Waals surface area contributed by atoms with Crippen LogP contribution in [0.15, 0.2) is 30.3 Å². The van der Waals surface area contributed by atoms with Gasteiger partial charge in [0.15, 0.2) is 11.9 Å². The molecule has 4 aliphatic heterocycles. The maximum atomic E-state index is 6.56. The summed E-state index contributed by atoms with van der Waals surface area (Å²) in [4.78, 5) is 12.4. The minimum atomic E-state index is -0.619. The Morgan fingerprint density at radius 3 is 2.78 bits per heavy atom. The summed E-state index contributed by atoms with van der Waals surface area (Å²) in [6.45, 7) is 3.15. The molecule has 0 N–H and O–H groups in total. The minimum Gasteiger partial charge on any atom is -0.349 e. The molecule has 27 heavy (non-hydrogen) atoms. The van der Waals surface area contributed by atoms with Crippen LogP contribution in [0.4, 0.5) is 0 Å². The van der Waals surface area contributed by atoms with Crippen molar-refractivity contribution in [3.63, 3.8) is 0 Å². The molecule has 4 heteroatoms. The summed E-state index contributed by atoms with van der Waals surface area (Å²) in [7, 11) is 0. The molecule has 5 fully saturated rings. The van der Waals surface area contributed by atoms with Gasteiger partial charge in [0, 0.05) is 12.8 Å². The third-order valence-electron chi connectivity index (χ3n) is 7.59. The fourth-order valence-corrected chi connectivity index (χ4v) is 6.06. The fraction of sp³-hybridized carbons (Fsp3) is 0.739. The maximum absolute atomic E-state index is 6.56. The van der Waals surface area contributed by atoms with Crippen LogP contribution in [0, 0.1) is 17.8 Å². The van der Waals surface area contributed by atoms with E-state index < -0.39 is 5.79 Å². The van der Waals surface area contributed by atoms with Gasteiger partial charge in [0.25, 0.3) is 0 Å². The first kappa shape index (κ1) is 18.1. The predicted octanol–water partition coefficient (Wildman–Crippen LogP) is 5.02. The first-order valence-corrected chi connectivity index (χ1v) is 10.9. The van der Waals surface area contributed by atoms with E-state index in [1.807, 2.05) is 0 Å². The van der Waals surface area contributed by atoms with Crippen molar-refractivity contribution in [1.29, 1.82) is 0 Å². The Balaban J connectivity index is 1.28. The molecule has 0 aromatic heterocycles. The minimum absolute atomic E-state index is 0.255. The molecule has 1 aliphatic carbocycles. The van der Waals surface area contributed by atoms with Crippen molar-refractivity contribution in [1.82, 2.24) is 0 Å². The van der Waals surface area contributed by atoms with Gasteiger partial charge in [-0.05, 0) is 68.3 Å². The normalized spacial score (nSPS) is 43.1. The van der Waals surface area contributed by atoms with Crippen LogP contribution in [0.2, 0.25) is 0 Å². The molecule has 4 saturated heterocycles. The number of rotatable bonds is 5. The highest BCUT2D eigenvalue weighted by molar-refractivity contribution is 5.14. The standard InChI is InChI=1S/C23H32O4/c1-17-10-11-19-13-16-24-21-23(19)20(17)12-15-22(25-21,26-27-23)14-6-5-9-18-7-3-2-4-8-18/h2-4,7-8,17,19-21H,5-6,9-16H2,1H3/t17-,19+,20+,21-,22-,23+/m1/s1. The van der Waals surface area contributed by atoms with Crippen LogP contribution in [0.3, 0.4) is 0 Å². The summed E-state index contributed by atoms with van der Waals surface area (Å²) < 4.78 is 12.7. The maximum Gasteiger partial charge on any atom is 0.204 e. The second kappa shape index (κ2) is 7.14. The van der Waals surface area contributed by atoms with Gasteiger partial charge in [0.1, 0.15) is 0 Å². The quantitative estimate of drug-likeness (QED) is 0.537. The first-order valence-electron chi connectivity index (χ1n) is 10.9. The van der Waals surface area contributed by atoms with Crippen LogP contribution in [-0.4, -0.2) is 24.3 Å². The lowest BCUT2D eigenvalue weighted by Crippen LogP contribution is -2.67. The third-order valence-corrected chi connectivity index (χ3v) is 7.59. The van der Waals surface area contributed by atoms with Crippen LogP contribution >= 0.6 is 0 Å². The molecule has 2 bridgehead atoms. The van der Waals surface area contributed by atoms with E-state index in [2.05, 4.69) is 37.3 Å². The molecule has 0 unspecified atom stereocenters. The van der Waals surface area contributed by atoms with E-state index in [0.29, 0.717) is 17.8 Å². The molecule has 4 nitrogen and oxygen atoms in total. The van der Waals surface area contributed by atoms with E-state index in [1.165, 1.54) is 18.4 Å². The van der Waals surface area contributed by atoms with Gasteiger partial charge in [0.2, 0.25) is 5.79 Å². The van der Waals surface area contributed by atoms with E-state index in [4.69, 9.17) is 19.2 Å². The monoisotopic (exact) mass is 372 g/mol. The Labute approximate surface area is 162 Å². The van der Waals surface area contributed by atoms with Crippen molar-refractivity contribution in [3.8, 4) is 0 Å². The number of unbranched alkanes of at least 4 members (excludes halogenated alkanes) is 1. The molecule has 148 valence electrons. The molecule has 1 spiro atoms. The Morgan fingerprint density at radius 1 is 1.00 bits per heavy atom. The summed E-state index contributed by atoms with van der Waals surface area (Å²) in [6.07, 6.45) is 9.53. The summed E-state index contributed by atoms with van der Waals surface area (Å²) in [5, 5.41) is 0. The van der Waals surface area contributed by atoms with E-state index in [1.54, 1.807) is 0 Å². The molecule has 0 amide bonds. The number of ether oxygens (including phenoxy) is 2. The van der Waals surface area contributed by atoms with Gasteiger partial charge in [-0.3, -0.25) is 0 Å². The molecule has 0 radical (unpaired) electrons. The zero-order chi connectivity index (χ0) is 18.3. The Kier molecular flexibility index (Phi) is 4.79. The molecule has 6 rings (SSSR count). The van der Waals surface area contributed by atoms with Gasteiger partial charge >= 0.3 is 0 Å². The van der Waals surface area contributed by atoms with Crippen molar-refractivity contribution >= 4 is 0 Å². The molecule has 1 aromatic carbocycles. The van der Waals surface area contributed by atoms with E-state index in [-0.39, 0.29) is 11.9 Å². The van der Waals surface area contributed by atoms with Gasteiger partial charge < -0.3 is 9.47 Å². The summed E-state index contributed by atoms with van der Waals surface area (Å²) in [5.74, 6) is 1.01. The highest BCUT2D eigenvalue weighted by Crippen LogP contribution is 2.59. The highest BCUT2D eigenvalue weighted by atomic mass is 17.3. The SMILES string of the molecule is C[C@@H]1CC[C@H]2CCO[C@@H]3O[C@@]4(CCCCc5ccccc5)CC[C@@H]1[C@@]23OO4. The number of benzene rings is 1. The lowest BCUT2D eigenvalue weighted by Gasteiger charge is -2.57. The summed E-state index contributed by atoms with van der Waals surface area (Å²) in [6, 6.07) is 10.7. The van der Waals surface area contributed by atoms with Crippen molar-refractivity contribution in [2.24, 2.45) is 17.8 Å². The smallest absolute Gasteiger partial charge is 0.204 e. The predicted molar refractivity (Wildman–Crippen MR) is 102 cm³/mol. The van der Waals surface area contributed by atoms with Gasteiger partial charge in [-0.1, -0.05) is 37.3 Å². The fourth-order valence-electron chi connectivity index (χ4n) is 6.06. The topological polar surface area (TPSA) is 36.9 Å². The zero-order valence-electron chi connectivity index (χ0n) is 16.4. The zero-order valence-corrected chi connectivity index (χ0v) is 16.4. The van der Waals surface area contributed by atoms with Gasteiger partial charge in [0.05, 0.1) is 6.61 Å². The van der Waals surface area contributed by atoms with Crippen molar-refractivity contribution in [2.45, 2.75) is 82.4 Å². The molecule has 4 heterocycles. The van der Waals surface area contributed by atoms with Gasteiger partial charge in [-0.15, -0.1) is 0 Å². The van der Waals surface area contributed by atoms with Crippen LogP contribution < -0.4 is 0 Å². The number of hydrogen-bond acceptors (Lipinski definition) is 4. The number of aryl methyl sites for hydroxylation is 1.